The van der Waals surface area contributed by atoms with Crippen molar-refractivity contribution in [2.24, 2.45) is 7.05 Å². The minimum Gasteiger partial charge on any atom is -0.486 e. The van der Waals surface area contributed by atoms with Gasteiger partial charge in [-0.3, -0.25) is 4.79 Å². The normalized spacial score (nSPS) is 16.3. The van der Waals surface area contributed by atoms with Gasteiger partial charge in [0.25, 0.3) is 5.91 Å². The van der Waals surface area contributed by atoms with Gasteiger partial charge in [0.05, 0.1) is 6.04 Å². The molecule has 1 aliphatic rings. The zero-order valence-electron chi connectivity index (χ0n) is 17.0. The van der Waals surface area contributed by atoms with E-state index in [1.165, 1.54) is 5.39 Å². The van der Waals surface area contributed by atoms with Crippen LogP contribution in [-0.4, -0.2) is 21.9 Å². The fourth-order valence-corrected chi connectivity index (χ4v) is 4.26. The summed E-state index contributed by atoms with van der Waals surface area (Å²) in [5, 5.41) is 2.31. The number of likely N-dealkylation sites (tertiary alicyclic amines) is 1. The minimum absolute atomic E-state index is 0.0596. The van der Waals surface area contributed by atoms with Gasteiger partial charge >= 0.3 is 0 Å². The Morgan fingerprint density at radius 1 is 1.07 bits per heavy atom. The molecular formula is C25H24N2O3. The monoisotopic (exact) mass is 400 g/mol. The van der Waals surface area contributed by atoms with E-state index in [0.717, 1.165) is 36.2 Å². The van der Waals surface area contributed by atoms with Gasteiger partial charge in [0.2, 0.25) is 0 Å². The second-order valence-corrected chi connectivity index (χ2v) is 7.76. The number of carbonyl (C=O) groups is 1. The molecule has 0 saturated carbocycles. The van der Waals surface area contributed by atoms with Crippen LogP contribution in [0.5, 0.6) is 5.75 Å². The van der Waals surface area contributed by atoms with Crippen LogP contribution < -0.4 is 4.74 Å². The van der Waals surface area contributed by atoms with Crippen molar-refractivity contribution in [2.45, 2.75) is 25.5 Å². The van der Waals surface area contributed by atoms with E-state index in [4.69, 9.17) is 9.15 Å². The maximum absolute atomic E-state index is 13.1. The van der Waals surface area contributed by atoms with E-state index < -0.39 is 0 Å². The van der Waals surface area contributed by atoms with E-state index in [0.29, 0.717) is 11.5 Å². The summed E-state index contributed by atoms with van der Waals surface area (Å²) < 4.78 is 13.8. The maximum atomic E-state index is 13.1. The number of benzene rings is 2. The lowest BCUT2D eigenvalue weighted by molar-refractivity contribution is 0.0694. The van der Waals surface area contributed by atoms with Gasteiger partial charge in [0.15, 0.2) is 5.76 Å². The number of furan rings is 1. The summed E-state index contributed by atoms with van der Waals surface area (Å²) in [6.45, 7) is 1.03. The van der Waals surface area contributed by atoms with E-state index in [1.807, 2.05) is 60.6 Å². The van der Waals surface area contributed by atoms with Crippen LogP contribution in [0.3, 0.4) is 0 Å². The second kappa shape index (κ2) is 7.75. The lowest BCUT2D eigenvalue weighted by atomic mass is 10.1. The molecule has 152 valence electrons. The number of fused-ring (bicyclic) bond motifs is 1. The zero-order valence-corrected chi connectivity index (χ0v) is 17.0. The highest BCUT2D eigenvalue weighted by atomic mass is 16.5. The zero-order chi connectivity index (χ0) is 20.5. The van der Waals surface area contributed by atoms with Crippen LogP contribution in [0, 0.1) is 0 Å². The first-order valence-corrected chi connectivity index (χ1v) is 10.3. The van der Waals surface area contributed by atoms with Gasteiger partial charge in [0.1, 0.15) is 18.1 Å². The highest BCUT2D eigenvalue weighted by Crippen LogP contribution is 2.33. The van der Waals surface area contributed by atoms with Gasteiger partial charge in [-0.2, -0.15) is 0 Å². The molecule has 1 fully saturated rings. The Morgan fingerprint density at radius 3 is 2.77 bits per heavy atom. The standard InChI is InChI=1S/C25H24N2O3/c1-26-14-4-8-22(26)23-9-5-15-27(23)25(28)24-13-12-21(30-24)17-29-20-11-10-18-6-2-3-7-19(18)16-20/h2-4,6-8,10-14,16,23H,5,9,15,17H2,1H3. The average Bonchev–Trinajstić information content (AvgIpc) is 3.52. The number of carbonyl (C=O) groups excluding carboxylic acids is 1. The molecule has 2 aromatic carbocycles. The Labute approximate surface area is 175 Å². The van der Waals surface area contributed by atoms with Crippen LogP contribution in [-0.2, 0) is 13.7 Å². The lowest BCUT2D eigenvalue weighted by Gasteiger charge is -2.24. The van der Waals surface area contributed by atoms with Crippen LogP contribution in [0.25, 0.3) is 10.8 Å². The van der Waals surface area contributed by atoms with Crippen molar-refractivity contribution in [3.8, 4) is 5.75 Å². The lowest BCUT2D eigenvalue weighted by Crippen LogP contribution is -2.31. The molecule has 1 unspecified atom stereocenters. The third kappa shape index (κ3) is 3.47. The van der Waals surface area contributed by atoms with Gasteiger partial charge in [-0.1, -0.05) is 30.3 Å². The molecule has 2 aromatic heterocycles. The molecule has 4 aromatic rings. The molecule has 5 rings (SSSR count). The summed E-state index contributed by atoms with van der Waals surface area (Å²) in [5.74, 6) is 1.73. The summed E-state index contributed by atoms with van der Waals surface area (Å²) >= 11 is 0. The Morgan fingerprint density at radius 2 is 1.93 bits per heavy atom. The number of ether oxygens (including phenoxy) is 1. The predicted molar refractivity (Wildman–Crippen MR) is 115 cm³/mol. The smallest absolute Gasteiger partial charge is 0.290 e. The molecule has 0 spiro atoms. The number of aromatic nitrogens is 1. The van der Waals surface area contributed by atoms with Gasteiger partial charge in [-0.25, -0.2) is 0 Å². The van der Waals surface area contributed by atoms with Gasteiger partial charge in [0, 0.05) is 25.5 Å². The maximum Gasteiger partial charge on any atom is 0.290 e. The van der Waals surface area contributed by atoms with Gasteiger partial charge < -0.3 is 18.6 Å². The summed E-state index contributed by atoms with van der Waals surface area (Å²) in [7, 11) is 2.02. The SMILES string of the molecule is Cn1cccc1C1CCCN1C(=O)c1ccc(COc2ccc3ccccc3c2)o1. The molecule has 1 saturated heterocycles. The number of aryl methyl sites for hydroxylation is 1. The van der Waals surface area contributed by atoms with Gasteiger partial charge in [-0.05, 0) is 60.0 Å². The first-order chi connectivity index (χ1) is 14.7. The number of rotatable bonds is 5. The molecule has 5 nitrogen and oxygen atoms in total. The van der Waals surface area contributed by atoms with Gasteiger partial charge in [-0.15, -0.1) is 0 Å². The highest BCUT2D eigenvalue weighted by Gasteiger charge is 2.33. The third-order valence-electron chi connectivity index (χ3n) is 5.81. The fourth-order valence-electron chi connectivity index (χ4n) is 4.26. The van der Waals surface area contributed by atoms with Crippen molar-refractivity contribution >= 4 is 16.7 Å². The van der Waals surface area contributed by atoms with Crippen molar-refractivity contribution in [1.82, 2.24) is 9.47 Å². The third-order valence-corrected chi connectivity index (χ3v) is 5.81. The number of amides is 1. The predicted octanol–water partition coefficient (Wildman–Crippen LogP) is 5.33. The molecule has 5 heteroatoms. The second-order valence-electron chi connectivity index (χ2n) is 7.76. The van der Waals surface area contributed by atoms with Crippen LogP contribution in [0.15, 0.2) is 77.3 Å². The van der Waals surface area contributed by atoms with Crippen LogP contribution in [0.2, 0.25) is 0 Å². The fraction of sp³-hybridized carbons (Fsp3) is 0.240. The molecule has 1 aliphatic heterocycles. The summed E-state index contributed by atoms with van der Waals surface area (Å²) in [5.41, 5.74) is 1.16. The number of hydrogen-bond donors (Lipinski definition) is 0. The average molecular weight is 400 g/mol. The summed E-state index contributed by atoms with van der Waals surface area (Å²) in [4.78, 5) is 15.0. The Bertz CT molecular complexity index is 1190. The highest BCUT2D eigenvalue weighted by molar-refractivity contribution is 5.92. The summed E-state index contributed by atoms with van der Waals surface area (Å²) in [6, 6.07) is 21.9. The Balaban J connectivity index is 1.27. The van der Waals surface area contributed by atoms with E-state index in [2.05, 4.69) is 22.8 Å². The molecule has 1 amide bonds. The van der Waals surface area contributed by atoms with E-state index in [9.17, 15) is 4.79 Å². The first kappa shape index (κ1) is 18.6. The summed E-state index contributed by atoms with van der Waals surface area (Å²) in [6.07, 6.45) is 3.99. The molecule has 0 aliphatic carbocycles. The molecule has 0 N–H and O–H groups in total. The van der Waals surface area contributed by atoms with Crippen molar-refractivity contribution in [3.63, 3.8) is 0 Å². The number of hydrogen-bond acceptors (Lipinski definition) is 3. The largest absolute Gasteiger partial charge is 0.486 e. The van der Waals surface area contributed by atoms with Crippen molar-refractivity contribution in [2.75, 3.05) is 6.54 Å². The van der Waals surface area contributed by atoms with Crippen molar-refractivity contribution in [3.05, 3.63) is 90.1 Å². The van der Waals surface area contributed by atoms with E-state index >= 15 is 0 Å². The molecular weight excluding hydrogens is 376 g/mol. The molecule has 0 radical (unpaired) electrons. The number of nitrogens with zero attached hydrogens (tertiary/aromatic N) is 2. The first-order valence-electron chi connectivity index (χ1n) is 10.3. The van der Waals surface area contributed by atoms with Crippen LogP contribution >= 0.6 is 0 Å². The Kier molecular flexibility index (Phi) is 4.79. The van der Waals surface area contributed by atoms with Crippen molar-refractivity contribution in [1.29, 1.82) is 0 Å². The minimum atomic E-state index is -0.0596. The van der Waals surface area contributed by atoms with E-state index in [1.54, 1.807) is 6.07 Å². The Hall–Kier alpha value is -3.47. The van der Waals surface area contributed by atoms with E-state index in [-0.39, 0.29) is 18.6 Å². The quantitative estimate of drug-likeness (QED) is 0.455. The molecule has 0 bridgehead atoms. The topological polar surface area (TPSA) is 47.6 Å². The molecule has 1 atom stereocenters. The molecule has 30 heavy (non-hydrogen) atoms. The van der Waals surface area contributed by atoms with Crippen LogP contribution in [0.1, 0.15) is 40.9 Å². The van der Waals surface area contributed by atoms with Crippen LogP contribution in [0.4, 0.5) is 0 Å². The van der Waals surface area contributed by atoms with Crippen molar-refractivity contribution < 1.29 is 13.9 Å². The molecule has 3 heterocycles.